The monoisotopic (exact) mass is 289 g/mol. The van der Waals surface area contributed by atoms with Crippen LogP contribution in [-0.2, 0) is 13.1 Å². The summed E-state index contributed by atoms with van der Waals surface area (Å²) in [6, 6.07) is 8.47. The van der Waals surface area contributed by atoms with Crippen LogP contribution in [-0.4, -0.2) is 42.0 Å². The SMILES string of the molecule is CCN(CC)Cc1ccccc1CNC(=O)N1CCCC1. The predicted molar refractivity (Wildman–Crippen MR) is 86.1 cm³/mol. The van der Waals surface area contributed by atoms with Crippen molar-refractivity contribution in [1.82, 2.24) is 15.1 Å². The maximum absolute atomic E-state index is 12.1. The van der Waals surface area contributed by atoms with Crippen LogP contribution in [0.1, 0.15) is 37.8 Å². The minimum atomic E-state index is 0.0742. The van der Waals surface area contributed by atoms with Gasteiger partial charge in [-0.1, -0.05) is 38.1 Å². The van der Waals surface area contributed by atoms with Crippen molar-refractivity contribution in [2.24, 2.45) is 0 Å². The molecule has 1 fully saturated rings. The predicted octanol–water partition coefficient (Wildman–Crippen LogP) is 2.83. The van der Waals surface area contributed by atoms with Gasteiger partial charge in [0.25, 0.3) is 0 Å². The van der Waals surface area contributed by atoms with Crippen LogP contribution in [0, 0.1) is 0 Å². The quantitative estimate of drug-likeness (QED) is 0.874. The largest absolute Gasteiger partial charge is 0.334 e. The van der Waals surface area contributed by atoms with E-state index >= 15 is 0 Å². The Morgan fingerprint density at radius 3 is 2.38 bits per heavy atom. The number of amides is 2. The Morgan fingerprint density at radius 2 is 1.76 bits per heavy atom. The van der Waals surface area contributed by atoms with Gasteiger partial charge in [0, 0.05) is 26.2 Å². The summed E-state index contributed by atoms with van der Waals surface area (Å²) in [5.41, 5.74) is 2.53. The molecule has 2 amide bonds. The van der Waals surface area contributed by atoms with Crippen molar-refractivity contribution in [3.8, 4) is 0 Å². The Balaban J connectivity index is 1.94. The number of likely N-dealkylation sites (tertiary alicyclic amines) is 1. The molecule has 1 N–H and O–H groups in total. The topological polar surface area (TPSA) is 35.6 Å². The molecule has 0 aromatic heterocycles. The summed E-state index contributed by atoms with van der Waals surface area (Å²) in [4.78, 5) is 16.4. The van der Waals surface area contributed by atoms with E-state index in [9.17, 15) is 4.79 Å². The first-order chi connectivity index (χ1) is 10.2. The van der Waals surface area contributed by atoms with Crippen LogP contribution in [0.4, 0.5) is 4.79 Å². The van der Waals surface area contributed by atoms with Crippen LogP contribution < -0.4 is 5.32 Å². The minimum absolute atomic E-state index is 0.0742. The van der Waals surface area contributed by atoms with Gasteiger partial charge in [-0.05, 0) is 37.1 Å². The minimum Gasteiger partial charge on any atom is -0.334 e. The average molecular weight is 289 g/mol. The Hall–Kier alpha value is -1.55. The standard InChI is InChI=1S/C17H27N3O/c1-3-19(4-2)14-16-10-6-5-9-15(16)13-18-17(21)20-11-7-8-12-20/h5-6,9-10H,3-4,7-8,11-14H2,1-2H3,(H,18,21). The molecule has 1 saturated heterocycles. The van der Waals surface area contributed by atoms with E-state index in [-0.39, 0.29) is 6.03 Å². The summed E-state index contributed by atoms with van der Waals surface area (Å²) >= 11 is 0. The molecule has 2 rings (SSSR count). The van der Waals surface area contributed by atoms with Gasteiger partial charge < -0.3 is 10.2 Å². The van der Waals surface area contributed by atoms with E-state index in [0.29, 0.717) is 6.54 Å². The van der Waals surface area contributed by atoms with Crippen molar-refractivity contribution < 1.29 is 4.79 Å². The third-order valence-corrected chi connectivity index (χ3v) is 4.23. The van der Waals surface area contributed by atoms with Crippen LogP contribution in [0.15, 0.2) is 24.3 Å². The number of nitrogens with one attached hydrogen (secondary N) is 1. The summed E-state index contributed by atoms with van der Waals surface area (Å²) in [6.07, 6.45) is 2.26. The molecule has 1 aromatic rings. The van der Waals surface area contributed by atoms with E-state index in [2.05, 4.69) is 42.3 Å². The van der Waals surface area contributed by atoms with Gasteiger partial charge in [0.2, 0.25) is 0 Å². The fraction of sp³-hybridized carbons (Fsp3) is 0.588. The number of hydrogen-bond donors (Lipinski definition) is 1. The number of carbonyl (C=O) groups excluding carboxylic acids is 1. The fourth-order valence-corrected chi connectivity index (χ4v) is 2.78. The van der Waals surface area contributed by atoms with Crippen LogP contribution in [0.2, 0.25) is 0 Å². The van der Waals surface area contributed by atoms with E-state index in [4.69, 9.17) is 0 Å². The van der Waals surface area contributed by atoms with Crippen molar-refractivity contribution >= 4 is 6.03 Å². The fourth-order valence-electron chi connectivity index (χ4n) is 2.78. The molecule has 0 bridgehead atoms. The lowest BCUT2D eigenvalue weighted by Crippen LogP contribution is -2.37. The first-order valence-electron chi connectivity index (χ1n) is 8.06. The highest BCUT2D eigenvalue weighted by Crippen LogP contribution is 2.12. The number of hydrogen-bond acceptors (Lipinski definition) is 2. The zero-order valence-corrected chi connectivity index (χ0v) is 13.3. The summed E-state index contributed by atoms with van der Waals surface area (Å²) in [6.45, 7) is 9.81. The third kappa shape index (κ3) is 4.46. The lowest BCUT2D eigenvalue weighted by Gasteiger charge is -2.21. The van der Waals surface area contributed by atoms with Crippen LogP contribution in [0.25, 0.3) is 0 Å². The Bertz CT molecular complexity index is 451. The third-order valence-electron chi connectivity index (χ3n) is 4.23. The Labute approximate surface area is 128 Å². The average Bonchev–Trinajstić information content (AvgIpc) is 3.05. The van der Waals surface area contributed by atoms with E-state index in [1.165, 1.54) is 11.1 Å². The lowest BCUT2D eigenvalue weighted by molar-refractivity contribution is 0.208. The van der Waals surface area contributed by atoms with Crippen molar-refractivity contribution in [2.45, 2.75) is 39.8 Å². The van der Waals surface area contributed by atoms with Crippen LogP contribution in [0.3, 0.4) is 0 Å². The molecule has 4 heteroatoms. The number of rotatable bonds is 6. The van der Waals surface area contributed by atoms with Gasteiger partial charge in [-0.15, -0.1) is 0 Å². The molecule has 1 aliphatic rings. The molecule has 1 aliphatic heterocycles. The highest BCUT2D eigenvalue weighted by atomic mass is 16.2. The summed E-state index contributed by atoms with van der Waals surface area (Å²) in [5.74, 6) is 0. The van der Waals surface area contributed by atoms with E-state index < -0.39 is 0 Å². The maximum Gasteiger partial charge on any atom is 0.317 e. The smallest absolute Gasteiger partial charge is 0.317 e. The number of carbonyl (C=O) groups is 1. The number of urea groups is 1. The Morgan fingerprint density at radius 1 is 1.14 bits per heavy atom. The van der Waals surface area contributed by atoms with Gasteiger partial charge in [0.15, 0.2) is 0 Å². The molecular weight excluding hydrogens is 262 g/mol. The first kappa shape index (κ1) is 15.8. The van der Waals surface area contributed by atoms with E-state index in [0.717, 1.165) is 45.6 Å². The molecule has 0 saturated carbocycles. The van der Waals surface area contributed by atoms with Gasteiger partial charge in [0.1, 0.15) is 0 Å². The highest BCUT2D eigenvalue weighted by molar-refractivity contribution is 5.74. The summed E-state index contributed by atoms with van der Waals surface area (Å²) in [7, 11) is 0. The maximum atomic E-state index is 12.1. The molecule has 21 heavy (non-hydrogen) atoms. The molecule has 0 spiro atoms. The van der Waals surface area contributed by atoms with Crippen LogP contribution >= 0.6 is 0 Å². The second-order valence-electron chi connectivity index (χ2n) is 5.58. The van der Waals surface area contributed by atoms with Gasteiger partial charge in [-0.3, -0.25) is 4.90 Å². The molecule has 0 radical (unpaired) electrons. The van der Waals surface area contributed by atoms with Gasteiger partial charge in [0.05, 0.1) is 0 Å². The lowest BCUT2D eigenvalue weighted by atomic mass is 10.1. The molecule has 1 aromatic carbocycles. The molecular formula is C17H27N3O. The second kappa shape index (κ2) is 8.03. The van der Waals surface area contributed by atoms with E-state index in [1.54, 1.807) is 0 Å². The molecule has 0 atom stereocenters. The highest BCUT2D eigenvalue weighted by Gasteiger charge is 2.17. The van der Waals surface area contributed by atoms with Crippen molar-refractivity contribution in [1.29, 1.82) is 0 Å². The van der Waals surface area contributed by atoms with Crippen molar-refractivity contribution in [2.75, 3.05) is 26.2 Å². The van der Waals surface area contributed by atoms with Crippen molar-refractivity contribution in [3.63, 3.8) is 0 Å². The number of benzene rings is 1. The van der Waals surface area contributed by atoms with Gasteiger partial charge in [-0.2, -0.15) is 0 Å². The van der Waals surface area contributed by atoms with Gasteiger partial charge in [-0.25, -0.2) is 4.79 Å². The first-order valence-corrected chi connectivity index (χ1v) is 8.06. The molecule has 116 valence electrons. The summed E-state index contributed by atoms with van der Waals surface area (Å²) < 4.78 is 0. The Kier molecular flexibility index (Phi) is 6.05. The molecule has 0 aliphatic carbocycles. The van der Waals surface area contributed by atoms with Crippen molar-refractivity contribution in [3.05, 3.63) is 35.4 Å². The zero-order chi connectivity index (χ0) is 15.1. The zero-order valence-electron chi connectivity index (χ0n) is 13.3. The molecule has 1 heterocycles. The normalized spacial score (nSPS) is 14.7. The van der Waals surface area contributed by atoms with Crippen LogP contribution in [0.5, 0.6) is 0 Å². The van der Waals surface area contributed by atoms with E-state index in [1.807, 2.05) is 11.0 Å². The second-order valence-corrected chi connectivity index (χ2v) is 5.58. The summed E-state index contributed by atoms with van der Waals surface area (Å²) in [5, 5.41) is 3.06. The molecule has 4 nitrogen and oxygen atoms in total. The van der Waals surface area contributed by atoms with Gasteiger partial charge >= 0.3 is 6.03 Å². The number of nitrogens with zero attached hydrogens (tertiary/aromatic N) is 2. The molecule has 0 unspecified atom stereocenters.